The Morgan fingerprint density at radius 3 is 2.76 bits per heavy atom. The van der Waals surface area contributed by atoms with Crippen molar-refractivity contribution < 1.29 is 19.5 Å². The number of rotatable bonds is 6. The molecule has 1 aromatic heterocycles. The summed E-state index contributed by atoms with van der Waals surface area (Å²) in [5.74, 6) is 0.238. The number of hydrogen-bond acceptors (Lipinski definition) is 4. The summed E-state index contributed by atoms with van der Waals surface area (Å²) in [5, 5.41) is 14.5. The minimum Gasteiger partial charge on any atom is -0.391 e. The molecular formula is C27H35N3O4. The van der Waals surface area contributed by atoms with E-state index in [1.54, 1.807) is 11.8 Å². The summed E-state index contributed by atoms with van der Waals surface area (Å²) in [6.45, 7) is 2.25. The number of benzene rings is 1. The number of nitrogens with one attached hydrogen (secondary N) is 2. The maximum Gasteiger partial charge on any atom is 0.271 e. The molecule has 7 nitrogen and oxygen atoms in total. The lowest BCUT2D eigenvalue weighted by atomic mass is 9.82. The fraction of sp³-hybridized carbons (Fsp3) is 0.593. The SMILES string of the molecule is CC(O)C(CC1CCCCC1=O)NC(=O)C1C2CCCC2CN1C(=O)c1cc2ccccc2[nH]1. The van der Waals surface area contributed by atoms with E-state index >= 15 is 0 Å². The van der Waals surface area contributed by atoms with E-state index in [2.05, 4.69) is 10.3 Å². The molecule has 2 heterocycles. The summed E-state index contributed by atoms with van der Waals surface area (Å²) in [5.41, 5.74) is 1.40. The van der Waals surface area contributed by atoms with E-state index < -0.39 is 18.2 Å². The first-order valence-corrected chi connectivity index (χ1v) is 12.8. The number of para-hydroxylation sites is 1. The average Bonchev–Trinajstić information content (AvgIpc) is 3.53. The number of aliphatic hydroxyl groups is 1. The van der Waals surface area contributed by atoms with Crippen molar-refractivity contribution >= 4 is 28.5 Å². The molecule has 34 heavy (non-hydrogen) atoms. The third-order valence-electron chi connectivity index (χ3n) is 8.31. The first-order chi connectivity index (χ1) is 16.4. The third-order valence-corrected chi connectivity index (χ3v) is 8.31. The van der Waals surface area contributed by atoms with Crippen molar-refractivity contribution in [2.24, 2.45) is 17.8 Å². The van der Waals surface area contributed by atoms with Gasteiger partial charge in [0.15, 0.2) is 0 Å². The molecule has 1 aromatic carbocycles. The summed E-state index contributed by atoms with van der Waals surface area (Å²) >= 11 is 0. The fourth-order valence-electron chi connectivity index (χ4n) is 6.45. The molecule has 1 aliphatic heterocycles. The van der Waals surface area contributed by atoms with Gasteiger partial charge in [0.1, 0.15) is 17.5 Å². The number of ketones is 1. The zero-order valence-corrected chi connectivity index (χ0v) is 19.8. The number of hydrogen-bond donors (Lipinski definition) is 3. The molecule has 2 aromatic rings. The molecule has 3 fully saturated rings. The molecule has 7 heteroatoms. The molecule has 3 N–H and O–H groups in total. The highest BCUT2D eigenvalue weighted by molar-refractivity contribution is 6.00. The van der Waals surface area contributed by atoms with E-state index in [1.165, 1.54) is 0 Å². The molecular weight excluding hydrogens is 430 g/mol. The van der Waals surface area contributed by atoms with Crippen LogP contribution in [-0.2, 0) is 9.59 Å². The summed E-state index contributed by atoms with van der Waals surface area (Å²) in [6, 6.07) is 8.58. The number of carbonyl (C=O) groups excluding carboxylic acids is 3. The van der Waals surface area contributed by atoms with Crippen LogP contribution in [0.2, 0.25) is 0 Å². The van der Waals surface area contributed by atoms with Gasteiger partial charge in [-0.1, -0.05) is 31.0 Å². The third kappa shape index (κ3) is 4.38. The minimum atomic E-state index is -0.766. The Bertz CT molecular complexity index is 1040. The number of aliphatic hydroxyl groups excluding tert-OH is 1. The molecule has 0 spiro atoms. The second-order valence-corrected chi connectivity index (χ2v) is 10.5. The Kier molecular flexibility index (Phi) is 6.47. The number of Topliss-reactive ketones (excluding diaryl/α,β-unsaturated/α-hetero) is 1. The number of nitrogens with zero attached hydrogens (tertiary/aromatic N) is 1. The predicted molar refractivity (Wildman–Crippen MR) is 129 cm³/mol. The number of H-pyrrole nitrogens is 1. The topological polar surface area (TPSA) is 102 Å². The van der Waals surface area contributed by atoms with Crippen LogP contribution < -0.4 is 5.32 Å². The quantitative estimate of drug-likeness (QED) is 0.608. The number of carbonyl (C=O) groups is 3. The lowest BCUT2D eigenvalue weighted by molar-refractivity contribution is -0.129. The van der Waals surface area contributed by atoms with Gasteiger partial charge in [-0.05, 0) is 63.0 Å². The smallest absolute Gasteiger partial charge is 0.271 e. The van der Waals surface area contributed by atoms with E-state index in [0.29, 0.717) is 31.0 Å². The van der Waals surface area contributed by atoms with Gasteiger partial charge in [0.2, 0.25) is 5.91 Å². The number of aromatic amines is 1. The molecule has 5 rings (SSSR count). The molecule has 0 radical (unpaired) electrons. The zero-order valence-electron chi connectivity index (χ0n) is 19.8. The van der Waals surface area contributed by atoms with Crippen LogP contribution in [0.4, 0.5) is 0 Å². The van der Waals surface area contributed by atoms with Crippen molar-refractivity contribution in [2.75, 3.05) is 6.54 Å². The average molecular weight is 466 g/mol. The Hall–Kier alpha value is -2.67. The van der Waals surface area contributed by atoms with Crippen LogP contribution in [0.1, 0.15) is 68.8 Å². The van der Waals surface area contributed by atoms with Crippen LogP contribution >= 0.6 is 0 Å². The predicted octanol–water partition coefficient (Wildman–Crippen LogP) is 3.42. The number of amides is 2. The van der Waals surface area contributed by atoms with E-state index in [4.69, 9.17) is 0 Å². The summed E-state index contributed by atoms with van der Waals surface area (Å²) in [7, 11) is 0. The van der Waals surface area contributed by atoms with Crippen molar-refractivity contribution in [3.63, 3.8) is 0 Å². The first-order valence-electron chi connectivity index (χ1n) is 12.8. The number of likely N-dealkylation sites (tertiary alicyclic amines) is 1. The van der Waals surface area contributed by atoms with E-state index in [9.17, 15) is 19.5 Å². The van der Waals surface area contributed by atoms with Crippen LogP contribution in [0.15, 0.2) is 30.3 Å². The Balaban J connectivity index is 1.35. The molecule has 2 aliphatic carbocycles. The second-order valence-electron chi connectivity index (χ2n) is 10.5. The lowest BCUT2D eigenvalue weighted by Gasteiger charge is -2.32. The van der Waals surface area contributed by atoms with Crippen molar-refractivity contribution in [2.45, 2.75) is 76.5 Å². The standard InChI is InChI=1S/C27H35N3O4/c1-16(31)22(14-18-8-3-5-12-24(18)32)29-26(33)25-20-10-6-9-19(20)15-30(25)27(34)23-13-17-7-2-4-11-21(17)28-23/h2,4,7,11,13,16,18-20,22,25,28,31H,3,5-6,8-10,12,14-15H2,1H3,(H,29,33). The summed E-state index contributed by atoms with van der Waals surface area (Å²) < 4.78 is 0. The van der Waals surface area contributed by atoms with Crippen LogP contribution in [0.3, 0.4) is 0 Å². The molecule has 3 aliphatic rings. The van der Waals surface area contributed by atoms with Gasteiger partial charge in [-0.15, -0.1) is 0 Å². The van der Waals surface area contributed by atoms with Crippen molar-refractivity contribution in [3.05, 3.63) is 36.0 Å². The fourth-order valence-corrected chi connectivity index (χ4v) is 6.45. The maximum atomic E-state index is 13.6. The van der Waals surface area contributed by atoms with Crippen LogP contribution in [0.5, 0.6) is 0 Å². The van der Waals surface area contributed by atoms with Crippen LogP contribution in [0, 0.1) is 17.8 Å². The van der Waals surface area contributed by atoms with Gasteiger partial charge in [-0.3, -0.25) is 14.4 Å². The molecule has 6 unspecified atom stereocenters. The van der Waals surface area contributed by atoms with Gasteiger partial charge >= 0.3 is 0 Å². The monoisotopic (exact) mass is 465 g/mol. The van der Waals surface area contributed by atoms with E-state index in [0.717, 1.165) is 49.4 Å². The number of fused-ring (bicyclic) bond motifs is 2. The molecule has 0 bridgehead atoms. The Labute approximate surface area is 200 Å². The Morgan fingerprint density at radius 1 is 1.18 bits per heavy atom. The van der Waals surface area contributed by atoms with Gasteiger partial charge in [-0.25, -0.2) is 0 Å². The highest BCUT2D eigenvalue weighted by atomic mass is 16.3. The Morgan fingerprint density at radius 2 is 2.00 bits per heavy atom. The van der Waals surface area contributed by atoms with Crippen LogP contribution in [-0.4, -0.2) is 57.3 Å². The molecule has 2 saturated carbocycles. The van der Waals surface area contributed by atoms with Gasteiger partial charge in [-0.2, -0.15) is 0 Å². The van der Waals surface area contributed by atoms with E-state index in [1.807, 2.05) is 30.3 Å². The summed E-state index contributed by atoms with van der Waals surface area (Å²) in [6.07, 6.45) is 6.07. The lowest BCUT2D eigenvalue weighted by Crippen LogP contribution is -2.53. The first kappa shape index (κ1) is 23.1. The second kappa shape index (κ2) is 9.53. The van der Waals surface area contributed by atoms with Crippen molar-refractivity contribution in [1.29, 1.82) is 0 Å². The number of aromatic nitrogens is 1. The highest BCUT2D eigenvalue weighted by Gasteiger charge is 2.50. The summed E-state index contributed by atoms with van der Waals surface area (Å²) in [4.78, 5) is 44.5. The van der Waals surface area contributed by atoms with Gasteiger partial charge < -0.3 is 20.3 Å². The van der Waals surface area contributed by atoms with Crippen LogP contribution in [0.25, 0.3) is 10.9 Å². The molecule has 2 amide bonds. The maximum absolute atomic E-state index is 13.6. The van der Waals surface area contributed by atoms with Crippen molar-refractivity contribution in [1.82, 2.24) is 15.2 Å². The van der Waals surface area contributed by atoms with E-state index in [-0.39, 0.29) is 29.4 Å². The normalized spacial score (nSPS) is 28.6. The van der Waals surface area contributed by atoms with Gasteiger partial charge in [0.25, 0.3) is 5.91 Å². The minimum absolute atomic E-state index is 0.111. The molecule has 182 valence electrons. The molecule has 1 saturated heterocycles. The van der Waals surface area contributed by atoms with Crippen molar-refractivity contribution in [3.8, 4) is 0 Å². The molecule has 6 atom stereocenters. The largest absolute Gasteiger partial charge is 0.391 e. The van der Waals surface area contributed by atoms with Gasteiger partial charge in [0, 0.05) is 29.8 Å². The van der Waals surface area contributed by atoms with Gasteiger partial charge in [0.05, 0.1) is 12.1 Å². The highest BCUT2D eigenvalue weighted by Crippen LogP contribution is 2.43. The zero-order chi connectivity index (χ0) is 23.8.